The summed E-state index contributed by atoms with van der Waals surface area (Å²) in [7, 11) is 0. The molecule has 1 aliphatic rings. The Morgan fingerprint density at radius 3 is 2.72 bits per heavy atom. The van der Waals surface area contributed by atoms with E-state index in [2.05, 4.69) is 15.2 Å². The molecule has 2 aromatic rings. The Balaban J connectivity index is 1.92. The first-order valence-electron chi connectivity index (χ1n) is 8.13. The van der Waals surface area contributed by atoms with Crippen molar-refractivity contribution in [2.24, 2.45) is 5.73 Å². The van der Waals surface area contributed by atoms with Crippen molar-refractivity contribution < 1.29 is 4.79 Å². The summed E-state index contributed by atoms with van der Waals surface area (Å²) in [4.78, 5) is 19.5. The van der Waals surface area contributed by atoms with Crippen LogP contribution in [0.3, 0.4) is 0 Å². The lowest BCUT2D eigenvalue weighted by Gasteiger charge is -2.21. The average molecular weight is 358 g/mol. The van der Waals surface area contributed by atoms with E-state index in [9.17, 15) is 4.79 Å². The number of hydrogen-bond acceptors (Lipinski definition) is 4. The highest BCUT2D eigenvalue weighted by molar-refractivity contribution is 6.31. The van der Waals surface area contributed by atoms with Crippen LogP contribution in [0.1, 0.15) is 34.5 Å². The number of aryl methyl sites for hydroxylation is 1. The van der Waals surface area contributed by atoms with Gasteiger partial charge in [0.25, 0.3) is 5.91 Å². The number of benzene rings is 1. The van der Waals surface area contributed by atoms with Crippen LogP contribution in [0.15, 0.2) is 30.3 Å². The minimum atomic E-state index is -0.281. The van der Waals surface area contributed by atoms with Gasteiger partial charge < -0.3 is 16.0 Å². The van der Waals surface area contributed by atoms with E-state index >= 15 is 0 Å². The van der Waals surface area contributed by atoms with Crippen molar-refractivity contribution in [1.82, 2.24) is 4.98 Å². The van der Waals surface area contributed by atoms with Crippen LogP contribution in [0.2, 0.25) is 5.02 Å². The summed E-state index contributed by atoms with van der Waals surface area (Å²) in [6.07, 6.45) is 2.18. The van der Waals surface area contributed by atoms with Gasteiger partial charge in [0.1, 0.15) is 11.7 Å². The fourth-order valence-electron chi connectivity index (χ4n) is 2.87. The molecule has 2 heterocycles. The van der Waals surface area contributed by atoms with E-state index in [0.717, 1.165) is 25.9 Å². The minimum absolute atomic E-state index is 0.0473. The molecule has 130 valence electrons. The molecular formula is C18H20ClN5O. The van der Waals surface area contributed by atoms with Crippen molar-refractivity contribution in [1.29, 1.82) is 5.41 Å². The predicted molar refractivity (Wildman–Crippen MR) is 101 cm³/mol. The maximum absolute atomic E-state index is 12.8. The highest BCUT2D eigenvalue weighted by atomic mass is 35.5. The number of halogens is 1. The van der Waals surface area contributed by atoms with Gasteiger partial charge in [0.15, 0.2) is 0 Å². The molecule has 1 saturated heterocycles. The standard InChI is InChI=1S/C18H20ClN5O/c1-11-15(19)10-14(17(22-11)24-7-2-3-8-24)18(25)23-13-6-4-5-12(9-13)16(20)21/h4-6,9-10H,2-3,7-8H2,1H3,(H3,20,21)(H,23,25). The number of hydrogen-bond donors (Lipinski definition) is 3. The first-order chi connectivity index (χ1) is 12.0. The first kappa shape index (κ1) is 17.2. The van der Waals surface area contributed by atoms with Crippen LogP contribution in [0.4, 0.5) is 11.5 Å². The third-order valence-corrected chi connectivity index (χ3v) is 4.60. The zero-order valence-electron chi connectivity index (χ0n) is 14.0. The minimum Gasteiger partial charge on any atom is -0.384 e. The van der Waals surface area contributed by atoms with Crippen molar-refractivity contribution in [3.8, 4) is 0 Å². The third-order valence-electron chi connectivity index (χ3n) is 4.21. The molecule has 6 nitrogen and oxygen atoms in total. The molecule has 0 saturated carbocycles. The van der Waals surface area contributed by atoms with E-state index in [1.54, 1.807) is 30.3 Å². The van der Waals surface area contributed by atoms with Crippen LogP contribution in [0, 0.1) is 12.3 Å². The van der Waals surface area contributed by atoms with Gasteiger partial charge in [0, 0.05) is 24.3 Å². The average Bonchev–Trinajstić information content (AvgIpc) is 3.11. The topological polar surface area (TPSA) is 95.1 Å². The number of amidine groups is 1. The Kier molecular flexibility index (Phi) is 4.90. The van der Waals surface area contributed by atoms with E-state index in [1.165, 1.54) is 0 Å². The van der Waals surface area contributed by atoms with Gasteiger partial charge in [0.2, 0.25) is 0 Å². The molecule has 0 atom stereocenters. The molecule has 0 aliphatic carbocycles. The van der Waals surface area contributed by atoms with Gasteiger partial charge in [-0.15, -0.1) is 0 Å². The molecule has 1 fully saturated rings. The summed E-state index contributed by atoms with van der Waals surface area (Å²) in [6, 6.07) is 8.55. The van der Waals surface area contributed by atoms with Gasteiger partial charge in [0.05, 0.1) is 16.3 Å². The fourth-order valence-corrected chi connectivity index (χ4v) is 3.02. The molecule has 0 spiro atoms. The van der Waals surface area contributed by atoms with E-state index in [1.807, 2.05) is 6.92 Å². The zero-order valence-corrected chi connectivity index (χ0v) is 14.7. The number of carbonyl (C=O) groups is 1. The maximum Gasteiger partial charge on any atom is 0.259 e. The van der Waals surface area contributed by atoms with Crippen LogP contribution < -0.4 is 16.0 Å². The van der Waals surface area contributed by atoms with Crippen molar-refractivity contribution in [2.75, 3.05) is 23.3 Å². The molecule has 1 aromatic heterocycles. The van der Waals surface area contributed by atoms with Gasteiger partial charge in [-0.3, -0.25) is 10.2 Å². The van der Waals surface area contributed by atoms with Crippen LogP contribution in [0.25, 0.3) is 0 Å². The smallest absolute Gasteiger partial charge is 0.259 e. The highest BCUT2D eigenvalue weighted by Crippen LogP contribution is 2.28. The highest BCUT2D eigenvalue weighted by Gasteiger charge is 2.22. The number of nitrogens with two attached hydrogens (primary N) is 1. The summed E-state index contributed by atoms with van der Waals surface area (Å²) in [6.45, 7) is 3.60. The molecule has 1 aromatic carbocycles. The predicted octanol–water partition coefficient (Wildman–Crippen LogP) is 3.18. The maximum atomic E-state index is 12.8. The van der Waals surface area contributed by atoms with E-state index < -0.39 is 0 Å². The van der Waals surface area contributed by atoms with Crippen LogP contribution in [0.5, 0.6) is 0 Å². The monoisotopic (exact) mass is 357 g/mol. The summed E-state index contributed by atoms with van der Waals surface area (Å²) in [5.74, 6) is 0.338. The number of anilines is 2. The van der Waals surface area contributed by atoms with Crippen molar-refractivity contribution in [3.63, 3.8) is 0 Å². The molecule has 0 bridgehead atoms. The SMILES string of the molecule is Cc1nc(N2CCCC2)c(C(=O)Nc2cccc(C(=N)N)c2)cc1Cl. The second-order valence-electron chi connectivity index (χ2n) is 6.07. The molecule has 25 heavy (non-hydrogen) atoms. The summed E-state index contributed by atoms with van der Waals surface area (Å²) in [5.41, 5.74) is 7.79. The van der Waals surface area contributed by atoms with Gasteiger partial charge >= 0.3 is 0 Å². The zero-order chi connectivity index (χ0) is 18.0. The third kappa shape index (κ3) is 3.74. The van der Waals surface area contributed by atoms with E-state index in [-0.39, 0.29) is 11.7 Å². The molecule has 7 heteroatoms. The second-order valence-corrected chi connectivity index (χ2v) is 6.48. The number of nitrogens with one attached hydrogen (secondary N) is 2. The Morgan fingerprint density at radius 1 is 1.32 bits per heavy atom. The van der Waals surface area contributed by atoms with Gasteiger partial charge in [-0.25, -0.2) is 4.98 Å². The van der Waals surface area contributed by atoms with Crippen molar-refractivity contribution >= 4 is 34.8 Å². The Morgan fingerprint density at radius 2 is 2.04 bits per heavy atom. The summed E-state index contributed by atoms with van der Waals surface area (Å²) >= 11 is 6.20. The van der Waals surface area contributed by atoms with Crippen molar-refractivity contribution in [3.05, 3.63) is 52.2 Å². The van der Waals surface area contributed by atoms with E-state index in [0.29, 0.717) is 33.3 Å². The quantitative estimate of drug-likeness (QED) is 0.578. The van der Waals surface area contributed by atoms with Gasteiger partial charge in [-0.1, -0.05) is 23.7 Å². The number of pyridine rings is 1. The molecule has 1 amide bonds. The number of rotatable bonds is 4. The lowest BCUT2D eigenvalue weighted by atomic mass is 10.1. The number of aromatic nitrogens is 1. The number of amides is 1. The van der Waals surface area contributed by atoms with Crippen LogP contribution in [-0.4, -0.2) is 29.8 Å². The van der Waals surface area contributed by atoms with Crippen molar-refractivity contribution in [2.45, 2.75) is 19.8 Å². The number of carbonyl (C=O) groups excluding carboxylic acids is 1. The van der Waals surface area contributed by atoms with Crippen LogP contribution >= 0.6 is 11.6 Å². The van der Waals surface area contributed by atoms with Gasteiger partial charge in [-0.2, -0.15) is 0 Å². The molecule has 3 rings (SSSR count). The van der Waals surface area contributed by atoms with Crippen LogP contribution in [-0.2, 0) is 0 Å². The number of nitrogens with zero attached hydrogens (tertiary/aromatic N) is 2. The molecule has 4 N–H and O–H groups in total. The first-order valence-corrected chi connectivity index (χ1v) is 8.51. The fraction of sp³-hybridized carbons (Fsp3) is 0.278. The molecule has 1 aliphatic heterocycles. The molecule has 0 unspecified atom stereocenters. The Labute approximate surface area is 151 Å². The molecular weight excluding hydrogens is 338 g/mol. The lowest BCUT2D eigenvalue weighted by Crippen LogP contribution is -2.24. The Hall–Kier alpha value is -2.60. The van der Waals surface area contributed by atoms with Gasteiger partial charge in [-0.05, 0) is 38.0 Å². The lowest BCUT2D eigenvalue weighted by molar-refractivity contribution is 0.102. The summed E-state index contributed by atoms with van der Waals surface area (Å²) in [5, 5.41) is 10.8. The normalized spacial score (nSPS) is 13.8. The Bertz CT molecular complexity index is 830. The second kappa shape index (κ2) is 7.11. The number of nitrogen functional groups attached to an aromatic ring is 1. The summed E-state index contributed by atoms with van der Waals surface area (Å²) < 4.78 is 0. The molecule has 0 radical (unpaired) electrons. The van der Waals surface area contributed by atoms with E-state index in [4.69, 9.17) is 22.7 Å². The largest absolute Gasteiger partial charge is 0.384 e.